The van der Waals surface area contributed by atoms with Crippen LogP contribution in [0.4, 0.5) is 11.5 Å². The van der Waals surface area contributed by atoms with Gasteiger partial charge in [0.2, 0.25) is 0 Å². The van der Waals surface area contributed by atoms with Gasteiger partial charge in [0.25, 0.3) is 0 Å². The van der Waals surface area contributed by atoms with Crippen LogP contribution < -0.4 is 10.2 Å². The van der Waals surface area contributed by atoms with Gasteiger partial charge in [0, 0.05) is 55.5 Å². The lowest BCUT2D eigenvalue weighted by Gasteiger charge is -2.15. The van der Waals surface area contributed by atoms with Crippen molar-refractivity contribution in [2.45, 2.75) is 25.8 Å². The molecule has 1 aliphatic carbocycles. The lowest BCUT2D eigenvalue weighted by molar-refractivity contribution is 0.899. The monoisotopic (exact) mass is 345 g/mol. The van der Waals surface area contributed by atoms with Gasteiger partial charge >= 0.3 is 0 Å². The highest BCUT2D eigenvalue weighted by Gasteiger charge is 2.20. The van der Waals surface area contributed by atoms with E-state index >= 15 is 0 Å². The molecule has 26 heavy (non-hydrogen) atoms. The van der Waals surface area contributed by atoms with E-state index in [-0.39, 0.29) is 0 Å². The second kappa shape index (κ2) is 7.12. The van der Waals surface area contributed by atoms with Crippen molar-refractivity contribution >= 4 is 11.5 Å². The fourth-order valence-corrected chi connectivity index (χ4v) is 3.33. The summed E-state index contributed by atoms with van der Waals surface area (Å²) in [4.78, 5) is 15.9. The van der Waals surface area contributed by atoms with Crippen LogP contribution in [0.5, 0.6) is 0 Å². The molecule has 0 bridgehead atoms. The molecule has 0 spiro atoms. The van der Waals surface area contributed by atoms with Crippen LogP contribution in [0.25, 0.3) is 11.4 Å². The summed E-state index contributed by atoms with van der Waals surface area (Å²) < 4.78 is 0. The van der Waals surface area contributed by atoms with Crippen molar-refractivity contribution < 1.29 is 0 Å². The van der Waals surface area contributed by atoms with E-state index in [1.54, 1.807) is 6.20 Å². The third-order valence-electron chi connectivity index (χ3n) is 4.74. The number of rotatable bonds is 5. The van der Waals surface area contributed by atoms with Crippen molar-refractivity contribution in [3.05, 3.63) is 65.6 Å². The number of benzene rings is 1. The van der Waals surface area contributed by atoms with Gasteiger partial charge < -0.3 is 10.2 Å². The Bertz CT molecular complexity index is 906. The summed E-state index contributed by atoms with van der Waals surface area (Å²) in [7, 11) is 4.12. The maximum absolute atomic E-state index is 4.81. The van der Waals surface area contributed by atoms with Gasteiger partial charge in [-0.1, -0.05) is 12.1 Å². The van der Waals surface area contributed by atoms with Gasteiger partial charge in [0.1, 0.15) is 5.82 Å². The molecule has 0 atom stereocenters. The highest BCUT2D eigenvalue weighted by molar-refractivity contribution is 5.60. The van der Waals surface area contributed by atoms with Gasteiger partial charge in [0.15, 0.2) is 5.82 Å². The first-order valence-electron chi connectivity index (χ1n) is 9.01. The largest absolute Gasteiger partial charge is 0.378 e. The molecule has 4 rings (SSSR count). The molecule has 0 saturated heterocycles. The molecule has 1 aliphatic rings. The second-order valence-electron chi connectivity index (χ2n) is 6.83. The summed E-state index contributed by atoms with van der Waals surface area (Å²) in [6.45, 7) is 0.748. The molecule has 0 saturated carbocycles. The SMILES string of the molecule is CN(C)c1cccc(CNc2nc(-c3cccnc3)nc3c2CCC3)c1. The van der Waals surface area contributed by atoms with E-state index in [1.807, 2.05) is 18.3 Å². The summed E-state index contributed by atoms with van der Waals surface area (Å²) in [5.74, 6) is 1.71. The van der Waals surface area contributed by atoms with Crippen molar-refractivity contribution in [1.29, 1.82) is 0 Å². The van der Waals surface area contributed by atoms with Crippen LogP contribution >= 0.6 is 0 Å². The van der Waals surface area contributed by atoms with E-state index in [0.29, 0.717) is 0 Å². The minimum atomic E-state index is 0.748. The molecule has 3 aromatic rings. The molecule has 5 nitrogen and oxygen atoms in total. The average Bonchev–Trinajstić information content (AvgIpc) is 3.16. The topological polar surface area (TPSA) is 53.9 Å². The van der Waals surface area contributed by atoms with E-state index in [0.717, 1.165) is 43.0 Å². The number of hydrogen-bond acceptors (Lipinski definition) is 5. The number of anilines is 2. The third-order valence-corrected chi connectivity index (χ3v) is 4.74. The van der Waals surface area contributed by atoms with Crippen molar-refractivity contribution in [2.24, 2.45) is 0 Å². The molecule has 0 unspecified atom stereocenters. The normalized spacial score (nSPS) is 12.7. The van der Waals surface area contributed by atoms with Crippen molar-refractivity contribution in [3.63, 3.8) is 0 Å². The molecule has 1 N–H and O–H groups in total. The zero-order chi connectivity index (χ0) is 17.9. The van der Waals surface area contributed by atoms with Crippen molar-refractivity contribution in [1.82, 2.24) is 15.0 Å². The summed E-state index contributed by atoms with van der Waals surface area (Å²) >= 11 is 0. The van der Waals surface area contributed by atoms with Crippen molar-refractivity contribution in [2.75, 3.05) is 24.3 Å². The Balaban J connectivity index is 1.62. The lowest BCUT2D eigenvalue weighted by Crippen LogP contribution is -2.10. The summed E-state index contributed by atoms with van der Waals surface area (Å²) in [6.07, 6.45) is 6.80. The molecule has 2 aromatic heterocycles. The predicted molar refractivity (Wildman–Crippen MR) is 105 cm³/mol. The second-order valence-corrected chi connectivity index (χ2v) is 6.83. The molecule has 1 aromatic carbocycles. The maximum atomic E-state index is 4.81. The summed E-state index contributed by atoms with van der Waals surface area (Å²) in [6, 6.07) is 12.5. The molecular formula is C21H23N5. The molecule has 0 radical (unpaired) electrons. The Kier molecular flexibility index (Phi) is 4.52. The van der Waals surface area contributed by atoms with Gasteiger partial charge in [-0.25, -0.2) is 9.97 Å². The van der Waals surface area contributed by atoms with E-state index in [4.69, 9.17) is 9.97 Å². The summed E-state index contributed by atoms with van der Waals surface area (Å²) in [5.41, 5.74) is 5.84. The van der Waals surface area contributed by atoms with Crippen LogP contribution in [0.2, 0.25) is 0 Å². The lowest BCUT2D eigenvalue weighted by atomic mass is 10.1. The molecular weight excluding hydrogens is 322 g/mol. The van der Waals surface area contributed by atoms with Crippen LogP contribution in [0, 0.1) is 0 Å². The Morgan fingerprint density at radius 1 is 1.08 bits per heavy atom. The quantitative estimate of drug-likeness (QED) is 0.764. The standard InChI is InChI=1S/C21H23N5/c1-26(2)17-8-3-6-15(12-17)13-23-21-18-9-4-10-19(18)24-20(25-21)16-7-5-11-22-14-16/h3,5-8,11-12,14H,4,9-10,13H2,1-2H3,(H,23,24,25). The zero-order valence-corrected chi connectivity index (χ0v) is 15.2. The predicted octanol–water partition coefficient (Wildman–Crippen LogP) is 3.71. The minimum Gasteiger partial charge on any atom is -0.378 e. The first kappa shape index (κ1) is 16.5. The van der Waals surface area contributed by atoms with Gasteiger partial charge in [0.05, 0.1) is 0 Å². The van der Waals surface area contributed by atoms with Crippen LogP contribution in [0.3, 0.4) is 0 Å². The highest BCUT2D eigenvalue weighted by atomic mass is 15.1. The van der Waals surface area contributed by atoms with Crippen LogP contribution in [0.15, 0.2) is 48.8 Å². The number of nitrogens with one attached hydrogen (secondary N) is 1. The molecule has 0 amide bonds. The molecule has 5 heteroatoms. The Hall–Kier alpha value is -2.95. The average molecular weight is 345 g/mol. The Labute approximate surface area is 154 Å². The van der Waals surface area contributed by atoms with E-state index < -0.39 is 0 Å². The summed E-state index contributed by atoms with van der Waals surface area (Å²) in [5, 5.41) is 3.55. The number of pyridine rings is 1. The van der Waals surface area contributed by atoms with Crippen molar-refractivity contribution in [3.8, 4) is 11.4 Å². The van der Waals surface area contributed by atoms with Gasteiger partial charge in [-0.3, -0.25) is 4.98 Å². The number of nitrogens with zero attached hydrogens (tertiary/aromatic N) is 4. The van der Waals surface area contributed by atoms with E-state index in [9.17, 15) is 0 Å². The fraction of sp³-hybridized carbons (Fsp3) is 0.286. The number of aryl methyl sites for hydroxylation is 1. The fourth-order valence-electron chi connectivity index (χ4n) is 3.33. The van der Waals surface area contributed by atoms with Gasteiger partial charge in [-0.2, -0.15) is 0 Å². The van der Waals surface area contributed by atoms with Gasteiger partial charge in [-0.15, -0.1) is 0 Å². The number of aromatic nitrogens is 3. The van der Waals surface area contributed by atoms with Crippen LogP contribution in [-0.4, -0.2) is 29.0 Å². The van der Waals surface area contributed by atoms with Crippen LogP contribution in [0.1, 0.15) is 23.2 Å². The maximum Gasteiger partial charge on any atom is 0.163 e. The number of hydrogen-bond donors (Lipinski definition) is 1. The Morgan fingerprint density at radius 2 is 2.00 bits per heavy atom. The zero-order valence-electron chi connectivity index (χ0n) is 15.2. The first-order chi connectivity index (χ1) is 12.7. The molecule has 2 heterocycles. The third kappa shape index (κ3) is 3.38. The van der Waals surface area contributed by atoms with Gasteiger partial charge in [-0.05, 0) is 49.1 Å². The van der Waals surface area contributed by atoms with E-state index in [1.165, 1.54) is 22.5 Å². The van der Waals surface area contributed by atoms with Crippen LogP contribution in [-0.2, 0) is 19.4 Å². The number of fused-ring (bicyclic) bond motifs is 1. The highest BCUT2D eigenvalue weighted by Crippen LogP contribution is 2.29. The van der Waals surface area contributed by atoms with E-state index in [2.05, 4.69) is 53.6 Å². The Morgan fingerprint density at radius 3 is 2.81 bits per heavy atom. The molecule has 132 valence electrons. The minimum absolute atomic E-state index is 0.748. The first-order valence-corrected chi connectivity index (χ1v) is 9.01. The molecule has 0 aliphatic heterocycles. The molecule has 0 fully saturated rings. The smallest absolute Gasteiger partial charge is 0.163 e.